The van der Waals surface area contributed by atoms with E-state index in [4.69, 9.17) is 0 Å². The van der Waals surface area contributed by atoms with Crippen molar-refractivity contribution in [2.45, 2.75) is 0 Å². The molecule has 9 nitrogen and oxygen atoms in total. The number of nitrogens with one attached hydrogen (secondary N) is 2. The van der Waals surface area contributed by atoms with E-state index in [1.165, 1.54) is 12.3 Å². The van der Waals surface area contributed by atoms with Crippen molar-refractivity contribution in [3.8, 4) is 0 Å². The third-order valence-corrected chi connectivity index (χ3v) is 4.24. The number of hydrogen-bond donors (Lipinski definition) is 2. The molecule has 0 amide bonds. The third-order valence-electron chi connectivity index (χ3n) is 3.27. The number of hydrazone groups is 1. The Morgan fingerprint density at radius 1 is 1.25 bits per heavy atom. The largest absolute Gasteiger partial charge is 0.338 e. The van der Waals surface area contributed by atoms with Gasteiger partial charge in [-0.25, -0.2) is 5.43 Å². The molecule has 3 heterocycles. The first-order valence-corrected chi connectivity index (χ1v) is 7.67. The first-order valence-electron chi connectivity index (χ1n) is 6.85. The Morgan fingerprint density at radius 3 is 2.96 bits per heavy atom. The summed E-state index contributed by atoms with van der Waals surface area (Å²) in [4.78, 5) is 18.3. The van der Waals surface area contributed by atoms with Crippen LogP contribution in [0.15, 0.2) is 41.5 Å². The number of thiophene rings is 1. The number of anilines is 1. The minimum atomic E-state index is -0.438. The lowest BCUT2D eigenvalue weighted by atomic mass is 10.2. The Kier molecular flexibility index (Phi) is 3.35. The van der Waals surface area contributed by atoms with Gasteiger partial charge < -0.3 is 4.98 Å². The quantitative estimate of drug-likeness (QED) is 0.335. The van der Waals surface area contributed by atoms with Crippen LogP contribution in [0.4, 0.5) is 10.9 Å². The van der Waals surface area contributed by atoms with Crippen molar-refractivity contribution in [2.24, 2.45) is 5.10 Å². The molecule has 3 aromatic heterocycles. The fourth-order valence-corrected chi connectivity index (χ4v) is 2.93. The fourth-order valence-electron chi connectivity index (χ4n) is 2.23. The summed E-state index contributed by atoms with van der Waals surface area (Å²) in [7, 11) is 0. The molecular weight excluding hydrogens is 330 g/mol. The van der Waals surface area contributed by atoms with Crippen molar-refractivity contribution < 1.29 is 4.92 Å². The van der Waals surface area contributed by atoms with Gasteiger partial charge in [0.15, 0.2) is 5.65 Å². The SMILES string of the molecule is O=[N+]([O-])c1ccc(/C=N\Nc2nnc3c(n2)[nH]c2ccccc23)s1. The van der Waals surface area contributed by atoms with E-state index in [0.29, 0.717) is 16.0 Å². The summed E-state index contributed by atoms with van der Waals surface area (Å²) in [5.41, 5.74) is 4.90. The Bertz CT molecular complexity index is 1090. The minimum Gasteiger partial charge on any atom is -0.338 e. The minimum absolute atomic E-state index is 0.0638. The molecule has 0 fully saturated rings. The molecule has 0 spiro atoms. The number of hydrogen-bond acceptors (Lipinski definition) is 8. The molecule has 24 heavy (non-hydrogen) atoms. The van der Waals surface area contributed by atoms with Crippen molar-refractivity contribution in [2.75, 3.05) is 5.43 Å². The van der Waals surface area contributed by atoms with Gasteiger partial charge in [-0.15, -0.1) is 10.2 Å². The molecular formula is C14H9N7O2S. The van der Waals surface area contributed by atoms with E-state index in [9.17, 15) is 10.1 Å². The maximum absolute atomic E-state index is 10.6. The molecule has 2 N–H and O–H groups in total. The van der Waals surface area contributed by atoms with E-state index in [1.54, 1.807) is 6.07 Å². The number of nitrogens with zero attached hydrogens (tertiary/aromatic N) is 5. The smallest absolute Gasteiger partial charge is 0.324 e. The first kappa shape index (κ1) is 14.2. The van der Waals surface area contributed by atoms with E-state index in [1.807, 2.05) is 24.3 Å². The van der Waals surface area contributed by atoms with Crippen LogP contribution in [-0.2, 0) is 0 Å². The van der Waals surface area contributed by atoms with Crippen LogP contribution in [0.3, 0.4) is 0 Å². The van der Waals surface area contributed by atoms with Crippen LogP contribution in [0.1, 0.15) is 4.88 Å². The van der Waals surface area contributed by atoms with Crippen molar-refractivity contribution in [1.82, 2.24) is 20.2 Å². The van der Waals surface area contributed by atoms with Crippen LogP contribution in [0.2, 0.25) is 0 Å². The predicted octanol–water partition coefficient (Wildman–Crippen LogP) is 2.92. The Balaban J connectivity index is 1.56. The topological polar surface area (TPSA) is 122 Å². The molecule has 4 aromatic rings. The average molecular weight is 339 g/mol. The molecule has 0 aliphatic rings. The van der Waals surface area contributed by atoms with Crippen LogP contribution in [-0.4, -0.2) is 31.3 Å². The maximum atomic E-state index is 10.6. The number of benzene rings is 1. The van der Waals surface area contributed by atoms with Gasteiger partial charge in [0, 0.05) is 17.0 Å². The molecule has 0 saturated carbocycles. The van der Waals surface area contributed by atoms with E-state index in [2.05, 4.69) is 30.7 Å². The summed E-state index contributed by atoms with van der Waals surface area (Å²) in [6, 6.07) is 10.8. The molecule has 0 saturated heterocycles. The lowest BCUT2D eigenvalue weighted by molar-refractivity contribution is -0.380. The zero-order valence-corrected chi connectivity index (χ0v) is 12.8. The zero-order chi connectivity index (χ0) is 16.5. The molecule has 0 radical (unpaired) electrons. The summed E-state index contributed by atoms with van der Waals surface area (Å²) in [5, 5.41) is 23.8. The van der Waals surface area contributed by atoms with Gasteiger partial charge in [0.25, 0.3) is 5.95 Å². The number of rotatable bonds is 4. The number of fused-ring (bicyclic) bond motifs is 3. The van der Waals surface area contributed by atoms with Crippen LogP contribution in [0.5, 0.6) is 0 Å². The normalized spacial score (nSPS) is 11.5. The van der Waals surface area contributed by atoms with Crippen LogP contribution < -0.4 is 5.43 Å². The highest BCUT2D eigenvalue weighted by atomic mass is 32.1. The monoisotopic (exact) mass is 339 g/mol. The fraction of sp³-hybridized carbons (Fsp3) is 0. The van der Waals surface area contributed by atoms with E-state index >= 15 is 0 Å². The Hall–Kier alpha value is -3.40. The number of aromatic nitrogens is 4. The lowest BCUT2D eigenvalue weighted by Crippen LogP contribution is -1.98. The molecule has 0 bridgehead atoms. The Labute approximate surface area is 138 Å². The number of para-hydroxylation sites is 1. The van der Waals surface area contributed by atoms with Gasteiger partial charge in [0.05, 0.1) is 16.0 Å². The van der Waals surface area contributed by atoms with Crippen LogP contribution in [0, 0.1) is 10.1 Å². The molecule has 4 rings (SSSR count). The molecule has 0 unspecified atom stereocenters. The highest BCUT2D eigenvalue weighted by Gasteiger charge is 2.09. The highest BCUT2D eigenvalue weighted by Crippen LogP contribution is 2.23. The third kappa shape index (κ3) is 2.54. The summed E-state index contributed by atoms with van der Waals surface area (Å²) >= 11 is 1.03. The van der Waals surface area contributed by atoms with Crippen molar-refractivity contribution in [3.05, 3.63) is 51.4 Å². The first-order chi connectivity index (χ1) is 11.7. The van der Waals surface area contributed by atoms with E-state index < -0.39 is 4.92 Å². The molecule has 118 valence electrons. The molecule has 1 aromatic carbocycles. The van der Waals surface area contributed by atoms with Gasteiger partial charge in [-0.2, -0.15) is 10.1 Å². The highest BCUT2D eigenvalue weighted by molar-refractivity contribution is 7.16. The van der Waals surface area contributed by atoms with E-state index in [-0.39, 0.29) is 10.9 Å². The second-order valence-corrected chi connectivity index (χ2v) is 5.90. The van der Waals surface area contributed by atoms with Crippen molar-refractivity contribution in [3.63, 3.8) is 0 Å². The lowest BCUT2D eigenvalue weighted by Gasteiger charge is -1.96. The number of H-pyrrole nitrogens is 1. The van der Waals surface area contributed by atoms with E-state index in [0.717, 1.165) is 22.2 Å². The average Bonchev–Trinajstić information content (AvgIpc) is 3.19. The predicted molar refractivity (Wildman–Crippen MR) is 91.4 cm³/mol. The molecule has 0 atom stereocenters. The zero-order valence-electron chi connectivity index (χ0n) is 12.0. The van der Waals surface area contributed by atoms with Gasteiger partial charge in [-0.1, -0.05) is 29.5 Å². The van der Waals surface area contributed by atoms with Gasteiger partial charge in [0.2, 0.25) is 0 Å². The molecule has 0 aliphatic carbocycles. The van der Waals surface area contributed by atoms with Gasteiger partial charge in [0.1, 0.15) is 5.52 Å². The second kappa shape index (κ2) is 5.66. The summed E-state index contributed by atoms with van der Waals surface area (Å²) in [5.74, 6) is 0.233. The second-order valence-electron chi connectivity index (χ2n) is 4.81. The summed E-state index contributed by atoms with van der Waals surface area (Å²) in [6.45, 7) is 0. The number of aromatic amines is 1. The van der Waals surface area contributed by atoms with Gasteiger partial charge in [-0.05, 0) is 12.1 Å². The van der Waals surface area contributed by atoms with Crippen LogP contribution >= 0.6 is 11.3 Å². The summed E-state index contributed by atoms with van der Waals surface area (Å²) < 4.78 is 0. The molecule has 0 aliphatic heterocycles. The van der Waals surface area contributed by atoms with Gasteiger partial charge >= 0.3 is 5.00 Å². The van der Waals surface area contributed by atoms with Gasteiger partial charge in [-0.3, -0.25) is 10.1 Å². The van der Waals surface area contributed by atoms with Crippen LogP contribution in [0.25, 0.3) is 22.1 Å². The summed E-state index contributed by atoms with van der Waals surface area (Å²) in [6.07, 6.45) is 1.47. The maximum Gasteiger partial charge on any atom is 0.324 e. The van der Waals surface area contributed by atoms with Crippen molar-refractivity contribution in [1.29, 1.82) is 0 Å². The standard InChI is InChI=1S/C14H9N7O2S/c22-21(23)11-6-5-8(24-11)7-15-19-14-17-13-12(18-20-14)9-3-1-2-4-10(9)16-13/h1-7H,(H2,16,17,19,20)/b15-7-. The van der Waals surface area contributed by atoms with Crippen molar-refractivity contribution >= 4 is 50.6 Å². The molecule has 10 heteroatoms. The Morgan fingerprint density at radius 2 is 2.12 bits per heavy atom. The number of nitro groups is 1.